The van der Waals surface area contributed by atoms with Gasteiger partial charge in [0.25, 0.3) is 0 Å². The van der Waals surface area contributed by atoms with Gasteiger partial charge in [-0.05, 0) is 39.4 Å². The van der Waals surface area contributed by atoms with E-state index in [1.54, 1.807) is 11.3 Å². The molecule has 2 N–H and O–H groups in total. The van der Waals surface area contributed by atoms with Crippen molar-refractivity contribution in [3.63, 3.8) is 0 Å². The lowest BCUT2D eigenvalue weighted by molar-refractivity contribution is -0.0290. The summed E-state index contributed by atoms with van der Waals surface area (Å²) in [6, 6.07) is 3.01. The second-order valence-corrected chi connectivity index (χ2v) is 6.60. The molecule has 96 valence electrons. The average molecular weight is 319 g/mol. The van der Waals surface area contributed by atoms with Crippen LogP contribution in [0.4, 0.5) is 0 Å². The molecule has 1 saturated heterocycles. The molecule has 0 amide bonds. The zero-order valence-corrected chi connectivity index (χ0v) is 12.5. The van der Waals surface area contributed by atoms with Gasteiger partial charge in [-0.2, -0.15) is 0 Å². The van der Waals surface area contributed by atoms with Crippen molar-refractivity contribution in [3.8, 4) is 0 Å². The van der Waals surface area contributed by atoms with Gasteiger partial charge in [0.05, 0.1) is 17.0 Å². The lowest BCUT2D eigenvalue weighted by Crippen LogP contribution is -2.48. The van der Waals surface area contributed by atoms with Crippen molar-refractivity contribution in [2.45, 2.75) is 25.4 Å². The summed E-state index contributed by atoms with van der Waals surface area (Å²) in [4.78, 5) is 2.50. The molecule has 1 fully saturated rings. The quantitative estimate of drug-likeness (QED) is 0.927. The molecular weight excluding hydrogens is 300 g/mol. The third kappa shape index (κ3) is 3.09. The Kier molecular flexibility index (Phi) is 4.99. The number of morpholine rings is 1. The predicted molar refractivity (Wildman–Crippen MR) is 75.4 cm³/mol. The molecule has 2 atom stereocenters. The number of hydrogen-bond acceptors (Lipinski definition) is 4. The van der Waals surface area contributed by atoms with E-state index >= 15 is 0 Å². The first-order valence-electron chi connectivity index (χ1n) is 6.03. The third-order valence-corrected chi connectivity index (χ3v) is 4.86. The number of nitrogens with zero attached hydrogens (tertiary/aromatic N) is 1. The van der Waals surface area contributed by atoms with Crippen molar-refractivity contribution in [3.05, 3.63) is 20.8 Å². The summed E-state index contributed by atoms with van der Waals surface area (Å²) < 4.78 is 6.72. The molecule has 0 radical (unpaired) electrons. The fourth-order valence-electron chi connectivity index (χ4n) is 2.39. The number of nitrogens with two attached hydrogens (primary N) is 1. The van der Waals surface area contributed by atoms with Gasteiger partial charge < -0.3 is 10.5 Å². The van der Waals surface area contributed by atoms with E-state index in [1.807, 2.05) is 0 Å². The Morgan fingerprint density at radius 3 is 3.12 bits per heavy atom. The van der Waals surface area contributed by atoms with E-state index in [1.165, 1.54) is 9.35 Å². The summed E-state index contributed by atoms with van der Waals surface area (Å²) in [6.45, 7) is 5.51. The van der Waals surface area contributed by atoms with Crippen LogP contribution in [0.25, 0.3) is 0 Å². The summed E-state index contributed by atoms with van der Waals surface area (Å²) in [5.41, 5.74) is 7.29. The summed E-state index contributed by atoms with van der Waals surface area (Å²) in [6.07, 6.45) is 1.11. The molecule has 0 saturated carbocycles. The first-order chi connectivity index (χ1) is 8.26. The molecule has 0 bridgehead atoms. The first kappa shape index (κ1) is 13.5. The molecular formula is C12H19BrN2OS. The molecule has 1 aromatic rings. The normalized spacial score (nSPS) is 23.8. The molecule has 1 aromatic heterocycles. The number of halogens is 1. The van der Waals surface area contributed by atoms with Crippen LogP contribution in [0, 0.1) is 0 Å². The predicted octanol–water partition coefficient (Wildman–Crippen LogP) is 2.62. The summed E-state index contributed by atoms with van der Waals surface area (Å²) in [7, 11) is 0. The molecule has 3 nitrogen and oxygen atoms in total. The zero-order valence-electron chi connectivity index (χ0n) is 10.1. The van der Waals surface area contributed by atoms with Crippen LogP contribution in [-0.2, 0) is 4.74 Å². The van der Waals surface area contributed by atoms with E-state index in [-0.39, 0.29) is 0 Å². The van der Waals surface area contributed by atoms with E-state index in [0.717, 1.165) is 26.2 Å². The summed E-state index contributed by atoms with van der Waals surface area (Å²) in [5, 5.41) is 2.20. The first-order valence-corrected chi connectivity index (χ1v) is 7.71. The lowest BCUT2D eigenvalue weighted by atomic mass is 10.0. The van der Waals surface area contributed by atoms with Crippen LogP contribution in [0.5, 0.6) is 0 Å². The molecule has 0 spiro atoms. The third-order valence-electron chi connectivity index (χ3n) is 3.34. The van der Waals surface area contributed by atoms with E-state index < -0.39 is 0 Å². The highest BCUT2D eigenvalue weighted by Crippen LogP contribution is 2.30. The number of thiophene rings is 1. The van der Waals surface area contributed by atoms with Crippen molar-refractivity contribution in [1.29, 1.82) is 0 Å². The smallest absolute Gasteiger partial charge is 0.0701 e. The minimum atomic E-state index is 0.325. The van der Waals surface area contributed by atoms with Crippen LogP contribution >= 0.6 is 27.3 Å². The minimum absolute atomic E-state index is 0.325. The largest absolute Gasteiger partial charge is 0.378 e. The fourth-order valence-corrected chi connectivity index (χ4v) is 3.61. The van der Waals surface area contributed by atoms with Gasteiger partial charge in [-0.3, -0.25) is 4.90 Å². The van der Waals surface area contributed by atoms with Crippen molar-refractivity contribution in [2.75, 3.05) is 26.3 Å². The van der Waals surface area contributed by atoms with Crippen molar-refractivity contribution in [2.24, 2.45) is 5.73 Å². The van der Waals surface area contributed by atoms with E-state index in [4.69, 9.17) is 10.5 Å². The fraction of sp³-hybridized carbons (Fsp3) is 0.667. The van der Waals surface area contributed by atoms with Crippen LogP contribution in [0.3, 0.4) is 0 Å². The summed E-state index contributed by atoms with van der Waals surface area (Å²) >= 11 is 5.24. The van der Waals surface area contributed by atoms with E-state index in [2.05, 4.69) is 39.2 Å². The van der Waals surface area contributed by atoms with Crippen LogP contribution in [0.2, 0.25) is 0 Å². The maximum absolute atomic E-state index is 5.97. The van der Waals surface area contributed by atoms with Crippen LogP contribution < -0.4 is 5.73 Å². The average Bonchev–Trinajstić information content (AvgIpc) is 2.77. The van der Waals surface area contributed by atoms with Gasteiger partial charge in [0, 0.05) is 25.2 Å². The van der Waals surface area contributed by atoms with E-state index in [0.29, 0.717) is 18.6 Å². The number of rotatable bonds is 4. The SMILES string of the molecule is CCC1COCCN1C(CN)c1csc(Br)c1. The Balaban J connectivity index is 2.16. The molecule has 17 heavy (non-hydrogen) atoms. The Bertz CT molecular complexity index is 358. The monoisotopic (exact) mass is 318 g/mol. The van der Waals surface area contributed by atoms with E-state index in [9.17, 15) is 0 Å². The molecule has 1 aliphatic heterocycles. The van der Waals surface area contributed by atoms with Gasteiger partial charge in [-0.1, -0.05) is 6.92 Å². The van der Waals surface area contributed by atoms with Crippen LogP contribution in [0.1, 0.15) is 24.9 Å². The van der Waals surface area contributed by atoms with Crippen molar-refractivity contribution >= 4 is 27.3 Å². The van der Waals surface area contributed by atoms with Crippen molar-refractivity contribution in [1.82, 2.24) is 4.90 Å². The Labute approximate surface area is 115 Å². The number of ether oxygens (including phenoxy) is 1. The second kappa shape index (κ2) is 6.29. The zero-order chi connectivity index (χ0) is 12.3. The maximum Gasteiger partial charge on any atom is 0.0701 e. The maximum atomic E-state index is 5.97. The van der Waals surface area contributed by atoms with Gasteiger partial charge in [-0.15, -0.1) is 11.3 Å². The lowest BCUT2D eigenvalue weighted by Gasteiger charge is -2.40. The molecule has 2 heterocycles. The molecule has 2 unspecified atom stereocenters. The Morgan fingerprint density at radius 1 is 1.71 bits per heavy atom. The van der Waals surface area contributed by atoms with Gasteiger partial charge >= 0.3 is 0 Å². The highest BCUT2D eigenvalue weighted by atomic mass is 79.9. The summed E-state index contributed by atoms with van der Waals surface area (Å²) in [5.74, 6) is 0. The standard InChI is InChI=1S/C12H19BrN2OS/c1-2-10-7-16-4-3-15(10)11(6-14)9-5-12(13)17-8-9/h5,8,10-11H,2-4,6-7,14H2,1H3. The topological polar surface area (TPSA) is 38.5 Å². The number of hydrogen-bond donors (Lipinski definition) is 1. The van der Waals surface area contributed by atoms with Gasteiger partial charge in [-0.25, -0.2) is 0 Å². The Morgan fingerprint density at radius 2 is 2.53 bits per heavy atom. The molecule has 5 heteroatoms. The molecule has 0 aromatic carbocycles. The van der Waals surface area contributed by atoms with Gasteiger partial charge in [0.15, 0.2) is 0 Å². The highest BCUT2D eigenvalue weighted by molar-refractivity contribution is 9.11. The van der Waals surface area contributed by atoms with Gasteiger partial charge in [0.2, 0.25) is 0 Å². The second-order valence-electron chi connectivity index (χ2n) is 4.31. The molecule has 1 aliphatic rings. The molecule has 0 aliphatic carbocycles. The van der Waals surface area contributed by atoms with Crippen molar-refractivity contribution < 1.29 is 4.74 Å². The van der Waals surface area contributed by atoms with Crippen LogP contribution in [0.15, 0.2) is 15.2 Å². The highest BCUT2D eigenvalue weighted by Gasteiger charge is 2.28. The van der Waals surface area contributed by atoms with Gasteiger partial charge in [0.1, 0.15) is 0 Å². The minimum Gasteiger partial charge on any atom is -0.378 e. The Hall–Kier alpha value is 0.0600. The molecule has 2 rings (SSSR count). The van der Waals surface area contributed by atoms with Crippen LogP contribution in [-0.4, -0.2) is 37.2 Å².